The van der Waals surface area contributed by atoms with E-state index in [1.165, 1.54) is 0 Å². The van der Waals surface area contributed by atoms with Crippen LogP contribution in [-0.4, -0.2) is 38.4 Å². The molecule has 0 bridgehead atoms. The van der Waals surface area contributed by atoms with Crippen LogP contribution in [0.3, 0.4) is 0 Å². The summed E-state index contributed by atoms with van der Waals surface area (Å²) in [6, 6.07) is 3.51. The molecule has 0 aliphatic rings. The van der Waals surface area contributed by atoms with E-state index in [4.69, 9.17) is 9.84 Å². The number of H-pyrrole nitrogens is 1. The molecule has 7 heteroatoms. The molecule has 2 rings (SSSR count). The van der Waals surface area contributed by atoms with Gasteiger partial charge in [-0.2, -0.15) is 0 Å². The van der Waals surface area contributed by atoms with Crippen molar-refractivity contribution in [3.8, 4) is 0 Å². The van der Waals surface area contributed by atoms with Crippen LogP contribution in [-0.2, 0) is 11.2 Å². The van der Waals surface area contributed by atoms with Gasteiger partial charge >= 0.3 is 6.09 Å². The van der Waals surface area contributed by atoms with Crippen LogP contribution in [0.15, 0.2) is 12.1 Å². The fraction of sp³-hybridized carbons (Fsp3) is 0.533. The largest absolute Gasteiger partial charge is 0.444 e. The van der Waals surface area contributed by atoms with Crippen molar-refractivity contribution >= 4 is 23.1 Å². The molecule has 2 heterocycles. The number of aliphatic hydroxyl groups excluding tert-OH is 1. The van der Waals surface area contributed by atoms with Gasteiger partial charge in [-0.15, -0.1) is 0 Å². The second-order valence-electron chi connectivity index (χ2n) is 6.06. The summed E-state index contributed by atoms with van der Waals surface area (Å²) in [6.07, 6.45) is 1.82. The van der Waals surface area contributed by atoms with Crippen molar-refractivity contribution in [3.05, 3.63) is 18.0 Å². The summed E-state index contributed by atoms with van der Waals surface area (Å²) in [7, 11) is 0. The number of hydrogen-bond acceptors (Lipinski definition) is 5. The third-order valence-corrected chi connectivity index (χ3v) is 2.85. The smallest absolute Gasteiger partial charge is 0.413 e. The molecule has 0 aliphatic carbocycles. The fourth-order valence-corrected chi connectivity index (χ4v) is 1.94. The minimum absolute atomic E-state index is 0.183. The topological polar surface area (TPSA) is 100 Å². The molecule has 120 valence electrons. The van der Waals surface area contributed by atoms with Crippen molar-refractivity contribution in [2.75, 3.05) is 11.9 Å². The van der Waals surface area contributed by atoms with Crippen molar-refractivity contribution in [2.45, 2.75) is 45.6 Å². The summed E-state index contributed by atoms with van der Waals surface area (Å²) in [4.78, 5) is 23.6. The number of aromatic amines is 1. The minimum Gasteiger partial charge on any atom is -0.444 e. The van der Waals surface area contributed by atoms with Crippen molar-refractivity contribution in [1.82, 2.24) is 15.0 Å². The molecule has 2 aromatic heterocycles. The average Bonchev–Trinajstić information content (AvgIpc) is 2.78. The maximum Gasteiger partial charge on any atom is 0.413 e. The van der Waals surface area contributed by atoms with Gasteiger partial charge in [0.05, 0.1) is 5.52 Å². The van der Waals surface area contributed by atoms with Crippen LogP contribution in [0.5, 0.6) is 0 Å². The van der Waals surface area contributed by atoms with E-state index in [1.807, 2.05) is 6.07 Å². The molecule has 0 saturated carbocycles. The number of aryl methyl sites for hydroxylation is 1. The Kier molecular flexibility index (Phi) is 4.97. The highest BCUT2D eigenvalue weighted by molar-refractivity contribution is 5.85. The number of amides is 1. The zero-order valence-corrected chi connectivity index (χ0v) is 13.1. The zero-order chi connectivity index (χ0) is 16.2. The number of aliphatic hydroxyl groups is 1. The lowest BCUT2D eigenvalue weighted by molar-refractivity contribution is 0.0635. The third kappa shape index (κ3) is 4.70. The van der Waals surface area contributed by atoms with Crippen LogP contribution >= 0.6 is 0 Å². The third-order valence-electron chi connectivity index (χ3n) is 2.85. The standard InChI is InChI=1S/C15H22N4O3/c1-15(2,3)22-14(21)19-12-8-7-10-13(18-12)17-11(16-10)6-4-5-9-20/h7-8,20H,4-6,9H2,1-3H3,(H2,16,17,18,19,21). The van der Waals surface area contributed by atoms with E-state index >= 15 is 0 Å². The summed E-state index contributed by atoms with van der Waals surface area (Å²) in [5, 5.41) is 11.4. The molecule has 0 saturated heterocycles. The normalized spacial score (nSPS) is 11.6. The summed E-state index contributed by atoms with van der Waals surface area (Å²) >= 11 is 0. The number of hydrogen-bond donors (Lipinski definition) is 3. The highest BCUT2D eigenvalue weighted by Gasteiger charge is 2.16. The number of aromatic nitrogens is 3. The number of unbranched alkanes of at least 4 members (excludes halogenated alkanes) is 1. The van der Waals surface area contributed by atoms with Gasteiger partial charge in [-0.25, -0.2) is 14.8 Å². The first-order valence-corrected chi connectivity index (χ1v) is 7.34. The van der Waals surface area contributed by atoms with Crippen LogP contribution in [0.1, 0.15) is 39.4 Å². The molecule has 22 heavy (non-hydrogen) atoms. The number of rotatable bonds is 5. The highest BCUT2D eigenvalue weighted by atomic mass is 16.6. The lowest BCUT2D eigenvalue weighted by Crippen LogP contribution is -2.27. The predicted octanol–water partition coefficient (Wildman–Crippen LogP) is 2.62. The molecule has 7 nitrogen and oxygen atoms in total. The van der Waals surface area contributed by atoms with E-state index in [0.29, 0.717) is 11.5 Å². The van der Waals surface area contributed by atoms with E-state index < -0.39 is 11.7 Å². The molecule has 0 aliphatic heterocycles. The maximum atomic E-state index is 11.7. The summed E-state index contributed by atoms with van der Waals surface area (Å²) in [5.74, 6) is 1.22. The van der Waals surface area contributed by atoms with Gasteiger partial charge in [-0.1, -0.05) is 0 Å². The van der Waals surface area contributed by atoms with Crippen LogP contribution in [0.4, 0.5) is 10.6 Å². The molecule has 0 unspecified atom stereocenters. The quantitative estimate of drug-likeness (QED) is 0.737. The van der Waals surface area contributed by atoms with E-state index in [1.54, 1.807) is 26.8 Å². The van der Waals surface area contributed by atoms with E-state index in [2.05, 4.69) is 20.3 Å². The highest BCUT2D eigenvalue weighted by Crippen LogP contribution is 2.15. The monoisotopic (exact) mass is 306 g/mol. The molecule has 0 aromatic carbocycles. The fourth-order valence-electron chi connectivity index (χ4n) is 1.94. The number of ether oxygens (including phenoxy) is 1. The van der Waals surface area contributed by atoms with Gasteiger partial charge in [-0.05, 0) is 45.7 Å². The number of fused-ring (bicyclic) bond motifs is 1. The lowest BCUT2D eigenvalue weighted by Gasteiger charge is -2.19. The summed E-state index contributed by atoms with van der Waals surface area (Å²) in [6.45, 7) is 5.59. The molecular weight excluding hydrogens is 284 g/mol. The second-order valence-corrected chi connectivity index (χ2v) is 6.06. The Labute approximate surface area is 129 Å². The van der Waals surface area contributed by atoms with Gasteiger partial charge < -0.3 is 14.8 Å². The van der Waals surface area contributed by atoms with E-state index in [0.717, 1.165) is 30.6 Å². The van der Waals surface area contributed by atoms with Crippen LogP contribution in [0.2, 0.25) is 0 Å². The molecule has 0 atom stereocenters. The Morgan fingerprint density at radius 1 is 1.32 bits per heavy atom. The molecule has 0 fully saturated rings. The number of anilines is 1. The Morgan fingerprint density at radius 3 is 2.77 bits per heavy atom. The molecule has 1 amide bonds. The van der Waals surface area contributed by atoms with Gasteiger partial charge in [0.15, 0.2) is 5.65 Å². The zero-order valence-electron chi connectivity index (χ0n) is 13.1. The van der Waals surface area contributed by atoms with Crippen molar-refractivity contribution in [3.63, 3.8) is 0 Å². The SMILES string of the molecule is CC(C)(C)OC(=O)Nc1ccc2[nH]c(CCCCO)nc2n1. The number of imidazole rings is 1. The Hall–Kier alpha value is -2.15. The maximum absolute atomic E-state index is 11.7. The number of nitrogens with one attached hydrogen (secondary N) is 2. The Bertz CT molecular complexity index is 646. The molecular formula is C15H22N4O3. The Balaban J connectivity index is 2.05. The number of pyridine rings is 1. The van der Waals surface area contributed by atoms with Gasteiger partial charge in [0, 0.05) is 13.0 Å². The molecule has 0 spiro atoms. The minimum atomic E-state index is -0.555. The number of nitrogens with zero attached hydrogens (tertiary/aromatic N) is 2. The first-order chi connectivity index (χ1) is 10.4. The first-order valence-electron chi connectivity index (χ1n) is 7.34. The molecule has 3 N–H and O–H groups in total. The van der Waals surface area contributed by atoms with Crippen LogP contribution in [0.25, 0.3) is 11.2 Å². The predicted molar refractivity (Wildman–Crippen MR) is 83.8 cm³/mol. The second kappa shape index (κ2) is 6.74. The van der Waals surface area contributed by atoms with Crippen molar-refractivity contribution < 1.29 is 14.6 Å². The average molecular weight is 306 g/mol. The van der Waals surface area contributed by atoms with E-state index in [9.17, 15) is 4.79 Å². The molecule has 2 aromatic rings. The van der Waals surface area contributed by atoms with Gasteiger partial charge in [-0.3, -0.25) is 5.32 Å². The summed E-state index contributed by atoms with van der Waals surface area (Å²) < 4.78 is 5.18. The van der Waals surface area contributed by atoms with Crippen LogP contribution in [0, 0.1) is 0 Å². The number of carbonyl (C=O) groups is 1. The Morgan fingerprint density at radius 2 is 2.09 bits per heavy atom. The molecule has 0 radical (unpaired) electrons. The first kappa shape index (κ1) is 16.2. The number of carbonyl (C=O) groups excluding carboxylic acids is 1. The van der Waals surface area contributed by atoms with Gasteiger partial charge in [0.1, 0.15) is 17.2 Å². The van der Waals surface area contributed by atoms with Crippen LogP contribution < -0.4 is 5.32 Å². The summed E-state index contributed by atoms with van der Waals surface area (Å²) in [5.41, 5.74) is 0.807. The van der Waals surface area contributed by atoms with Gasteiger partial charge in [0.2, 0.25) is 0 Å². The van der Waals surface area contributed by atoms with Crippen molar-refractivity contribution in [1.29, 1.82) is 0 Å². The van der Waals surface area contributed by atoms with E-state index in [-0.39, 0.29) is 6.61 Å². The van der Waals surface area contributed by atoms with Gasteiger partial charge in [0.25, 0.3) is 0 Å². The van der Waals surface area contributed by atoms with Crippen molar-refractivity contribution in [2.24, 2.45) is 0 Å². The lowest BCUT2D eigenvalue weighted by atomic mass is 10.2.